The summed E-state index contributed by atoms with van der Waals surface area (Å²) in [7, 11) is 0. The van der Waals surface area contributed by atoms with E-state index >= 15 is 0 Å². The molecule has 2 N–H and O–H groups in total. The van der Waals surface area contributed by atoms with E-state index in [2.05, 4.69) is 30.3 Å². The summed E-state index contributed by atoms with van der Waals surface area (Å²) in [6.07, 6.45) is 6.86. The van der Waals surface area contributed by atoms with Gasteiger partial charge in [0.15, 0.2) is 0 Å². The molecule has 33 heavy (non-hydrogen) atoms. The Labute approximate surface area is 193 Å². The lowest BCUT2D eigenvalue weighted by atomic mass is 9.98. The highest BCUT2D eigenvalue weighted by Gasteiger charge is 2.39. The van der Waals surface area contributed by atoms with E-state index in [4.69, 9.17) is 11.4 Å². The van der Waals surface area contributed by atoms with Crippen molar-refractivity contribution >= 4 is 22.8 Å². The minimum Gasteiger partial charge on any atom is -0.481 e. The van der Waals surface area contributed by atoms with Gasteiger partial charge in [-0.25, -0.2) is 0 Å². The number of fused-ring (bicyclic) bond motifs is 1. The molecule has 0 bridgehead atoms. The first-order valence-corrected chi connectivity index (χ1v) is 11.2. The summed E-state index contributed by atoms with van der Waals surface area (Å²) >= 11 is 0. The van der Waals surface area contributed by atoms with E-state index in [-0.39, 0.29) is 5.91 Å². The van der Waals surface area contributed by atoms with E-state index in [0.717, 1.165) is 35.0 Å². The molecule has 0 saturated carbocycles. The number of hydrogen-bond acceptors (Lipinski definition) is 4. The van der Waals surface area contributed by atoms with Gasteiger partial charge < -0.3 is 10.4 Å². The average molecular weight is 442 g/mol. The van der Waals surface area contributed by atoms with Crippen LogP contribution in [0.2, 0.25) is 0 Å². The maximum Gasteiger partial charge on any atom is 0.310 e. The summed E-state index contributed by atoms with van der Waals surface area (Å²) in [4.78, 5) is 31.0. The van der Waals surface area contributed by atoms with Gasteiger partial charge >= 0.3 is 5.97 Å². The van der Waals surface area contributed by atoms with Crippen molar-refractivity contribution in [3.63, 3.8) is 0 Å². The van der Waals surface area contributed by atoms with Crippen LogP contribution in [0.1, 0.15) is 40.5 Å². The molecule has 1 aromatic heterocycles. The van der Waals surface area contributed by atoms with Gasteiger partial charge in [-0.1, -0.05) is 43.2 Å². The van der Waals surface area contributed by atoms with Gasteiger partial charge in [0.1, 0.15) is 0 Å². The van der Waals surface area contributed by atoms with Gasteiger partial charge in [-0.2, -0.15) is 0 Å². The predicted octanol–water partition coefficient (Wildman–Crippen LogP) is 3.48. The molecule has 0 aliphatic carbocycles. The van der Waals surface area contributed by atoms with Crippen LogP contribution in [-0.4, -0.2) is 46.1 Å². The number of amides is 1. The Bertz CT molecular complexity index is 1210. The minimum absolute atomic E-state index is 0.299. The van der Waals surface area contributed by atoms with Crippen LogP contribution in [0.15, 0.2) is 54.6 Å². The molecule has 2 unspecified atom stereocenters. The number of pyridine rings is 1. The normalized spacial score (nSPS) is 18.2. The Morgan fingerprint density at radius 1 is 1.21 bits per heavy atom. The Morgan fingerprint density at radius 3 is 2.67 bits per heavy atom. The SMILES string of the molecule is C#CCN1CCC(C(=O)O)C1NC(=O)c1ccc(Cc2cc(CC)nc3ccccc23)cc1. The molecule has 6 heteroatoms. The van der Waals surface area contributed by atoms with Gasteiger partial charge in [-0.3, -0.25) is 19.5 Å². The molecule has 1 saturated heterocycles. The van der Waals surface area contributed by atoms with Crippen molar-refractivity contribution < 1.29 is 14.7 Å². The zero-order valence-corrected chi connectivity index (χ0v) is 18.6. The van der Waals surface area contributed by atoms with E-state index < -0.39 is 18.1 Å². The van der Waals surface area contributed by atoms with E-state index in [1.807, 2.05) is 35.2 Å². The number of hydrogen-bond donors (Lipinski definition) is 2. The molecule has 1 aliphatic heterocycles. The number of likely N-dealkylation sites (tertiary alicyclic amines) is 1. The highest BCUT2D eigenvalue weighted by atomic mass is 16.4. The Balaban J connectivity index is 1.51. The Morgan fingerprint density at radius 2 is 1.97 bits per heavy atom. The van der Waals surface area contributed by atoms with E-state index in [0.29, 0.717) is 25.1 Å². The topological polar surface area (TPSA) is 82.5 Å². The Hall–Kier alpha value is -3.69. The summed E-state index contributed by atoms with van der Waals surface area (Å²) in [6.45, 7) is 2.94. The van der Waals surface area contributed by atoms with Crippen molar-refractivity contribution in [2.45, 2.75) is 32.4 Å². The fraction of sp³-hybridized carbons (Fsp3) is 0.296. The number of terminal acetylenes is 1. The maximum absolute atomic E-state index is 12.9. The third-order valence-corrected chi connectivity index (χ3v) is 6.22. The van der Waals surface area contributed by atoms with Gasteiger partial charge in [-0.05, 0) is 54.7 Å². The van der Waals surface area contributed by atoms with Gasteiger partial charge in [-0.15, -0.1) is 6.42 Å². The molecule has 0 spiro atoms. The van der Waals surface area contributed by atoms with Crippen molar-refractivity contribution in [1.82, 2.24) is 15.2 Å². The molecule has 2 aromatic carbocycles. The summed E-state index contributed by atoms with van der Waals surface area (Å²) in [5.41, 5.74) is 4.83. The van der Waals surface area contributed by atoms with Crippen LogP contribution < -0.4 is 5.32 Å². The number of rotatable bonds is 7. The molecule has 1 amide bonds. The van der Waals surface area contributed by atoms with Crippen LogP contribution in [0.4, 0.5) is 0 Å². The van der Waals surface area contributed by atoms with Crippen molar-refractivity contribution in [3.05, 3.63) is 77.0 Å². The minimum atomic E-state index is -0.925. The lowest BCUT2D eigenvalue weighted by Crippen LogP contribution is -2.49. The quantitative estimate of drug-likeness (QED) is 0.549. The number of para-hydroxylation sites is 1. The highest BCUT2D eigenvalue weighted by Crippen LogP contribution is 2.24. The molecule has 3 aromatic rings. The van der Waals surface area contributed by atoms with Gasteiger partial charge in [0.25, 0.3) is 5.91 Å². The van der Waals surface area contributed by atoms with E-state index in [1.54, 1.807) is 12.1 Å². The van der Waals surface area contributed by atoms with Crippen LogP contribution in [0.25, 0.3) is 10.9 Å². The third-order valence-electron chi connectivity index (χ3n) is 6.22. The summed E-state index contributed by atoms with van der Waals surface area (Å²) < 4.78 is 0. The Kier molecular flexibility index (Phi) is 6.71. The second-order valence-electron chi connectivity index (χ2n) is 8.34. The number of carbonyl (C=O) groups excluding carboxylic acids is 1. The van der Waals surface area contributed by atoms with Crippen molar-refractivity contribution in [3.8, 4) is 12.3 Å². The zero-order chi connectivity index (χ0) is 23.4. The third kappa shape index (κ3) is 4.89. The average Bonchev–Trinajstić information content (AvgIpc) is 3.22. The molecule has 0 radical (unpaired) electrons. The van der Waals surface area contributed by atoms with Gasteiger partial charge in [0, 0.05) is 23.2 Å². The number of nitrogens with one attached hydrogen (secondary N) is 1. The van der Waals surface area contributed by atoms with E-state index in [9.17, 15) is 14.7 Å². The molecule has 168 valence electrons. The summed E-state index contributed by atoms with van der Waals surface area (Å²) in [5, 5.41) is 13.5. The van der Waals surface area contributed by atoms with Crippen LogP contribution in [0, 0.1) is 18.3 Å². The van der Waals surface area contributed by atoms with Crippen molar-refractivity contribution in [2.75, 3.05) is 13.1 Å². The number of benzene rings is 2. The maximum atomic E-state index is 12.9. The second-order valence-corrected chi connectivity index (χ2v) is 8.34. The molecule has 2 heterocycles. The van der Waals surface area contributed by atoms with Crippen molar-refractivity contribution in [2.24, 2.45) is 5.92 Å². The fourth-order valence-corrected chi connectivity index (χ4v) is 4.45. The molecule has 1 fully saturated rings. The largest absolute Gasteiger partial charge is 0.481 e. The first kappa shape index (κ1) is 22.5. The number of aliphatic carboxylic acids is 1. The number of nitrogens with zero attached hydrogens (tertiary/aromatic N) is 2. The first-order chi connectivity index (χ1) is 16.0. The van der Waals surface area contributed by atoms with Crippen LogP contribution in [0.3, 0.4) is 0 Å². The van der Waals surface area contributed by atoms with Crippen molar-refractivity contribution in [1.29, 1.82) is 0 Å². The standard InChI is InChI=1S/C27H27N3O3/c1-3-14-30-15-13-23(27(32)33)25(30)29-26(31)19-11-9-18(10-12-19)16-20-17-21(4-2)28-24-8-6-5-7-22(20)24/h1,5-12,17,23,25H,4,13-16H2,2H3,(H,29,31)(H,32,33). The number of aromatic nitrogens is 1. The van der Waals surface area contributed by atoms with Crippen LogP contribution >= 0.6 is 0 Å². The summed E-state index contributed by atoms with van der Waals surface area (Å²) in [6, 6.07) is 17.7. The van der Waals surface area contributed by atoms with Crippen LogP contribution in [0.5, 0.6) is 0 Å². The molecule has 4 rings (SSSR count). The van der Waals surface area contributed by atoms with Crippen LogP contribution in [-0.2, 0) is 17.6 Å². The van der Waals surface area contributed by atoms with E-state index in [1.165, 1.54) is 5.56 Å². The number of aryl methyl sites for hydroxylation is 1. The fourth-order valence-electron chi connectivity index (χ4n) is 4.45. The molecular weight excluding hydrogens is 414 g/mol. The lowest BCUT2D eigenvalue weighted by molar-refractivity contribution is -0.142. The van der Waals surface area contributed by atoms with Gasteiger partial charge in [0.05, 0.1) is 24.1 Å². The molecule has 1 aliphatic rings. The summed E-state index contributed by atoms with van der Waals surface area (Å²) in [5.74, 6) is 0.642. The molecule has 2 atom stereocenters. The number of carbonyl (C=O) groups is 2. The first-order valence-electron chi connectivity index (χ1n) is 11.2. The monoisotopic (exact) mass is 441 g/mol. The van der Waals surface area contributed by atoms with Gasteiger partial charge in [0.2, 0.25) is 0 Å². The highest BCUT2D eigenvalue weighted by molar-refractivity contribution is 5.94. The second kappa shape index (κ2) is 9.85. The predicted molar refractivity (Wildman–Crippen MR) is 128 cm³/mol. The number of carboxylic acids is 1. The smallest absolute Gasteiger partial charge is 0.310 e. The number of carboxylic acid groups (broad SMARTS) is 1. The molecule has 6 nitrogen and oxygen atoms in total. The zero-order valence-electron chi connectivity index (χ0n) is 18.6. The lowest BCUT2D eigenvalue weighted by Gasteiger charge is -2.26. The molecular formula is C27H27N3O3.